The van der Waals surface area contributed by atoms with E-state index in [1.807, 2.05) is 31.1 Å². The van der Waals surface area contributed by atoms with Crippen molar-refractivity contribution in [2.75, 3.05) is 83.4 Å². The van der Waals surface area contributed by atoms with Crippen molar-refractivity contribution in [2.24, 2.45) is 0 Å². The van der Waals surface area contributed by atoms with Crippen molar-refractivity contribution in [2.45, 2.75) is 57.2 Å². The Balaban J connectivity index is 0.000000166. The van der Waals surface area contributed by atoms with Gasteiger partial charge in [-0.15, -0.1) is 0 Å². The zero-order chi connectivity index (χ0) is 55.1. The second kappa shape index (κ2) is 20.1. The maximum absolute atomic E-state index is 13.7. The number of esters is 2. The van der Waals surface area contributed by atoms with Crippen LogP contribution < -0.4 is 47.4 Å². The summed E-state index contributed by atoms with van der Waals surface area (Å²) in [6.07, 6.45) is -4.61. The van der Waals surface area contributed by atoms with Crippen LogP contribution in [0.15, 0.2) is 66.7 Å². The molecule has 4 atom stereocenters. The molecule has 0 fully saturated rings. The predicted octanol–water partition coefficient (Wildman–Crippen LogP) is 10.7. The van der Waals surface area contributed by atoms with Gasteiger partial charge in [0, 0.05) is 46.5 Å². The van der Waals surface area contributed by atoms with Crippen molar-refractivity contribution in [3.63, 3.8) is 0 Å². The highest BCUT2D eigenvalue weighted by atomic mass is 19.4. The Labute approximate surface area is 448 Å². The number of cyclic esters (lactones) is 2. The highest BCUT2D eigenvalue weighted by molar-refractivity contribution is 5.99. The summed E-state index contributed by atoms with van der Waals surface area (Å²) in [4.78, 5) is 30.7. The Morgan fingerprint density at radius 1 is 0.513 bits per heavy atom. The Morgan fingerprint density at radius 2 is 0.962 bits per heavy atom. The van der Waals surface area contributed by atoms with Gasteiger partial charge in [-0.05, 0) is 98.4 Å². The number of hydrogen-bond acceptors (Lipinski definition) is 16. The molecule has 0 aliphatic carbocycles. The monoisotopic (exact) mass is 1070 g/mol. The number of alkyl halides is 3. The standard InChI is InChI=1S/C30H31NO7.C29H26F3NO7/c1-15-7-8-17(13-16(15)2)21-18-11-12-31(3)24(22(18)27(35-6)29-28(21)36-14-37-29)25-19-9-10-20(33-4)26(34-5)23(19)30(32)38-25;1-33-11-10-16-19(14-6-5-7-15(12-14)29(30,31)32)26-27(39-13-38-26)25(37-4)20(16)22(33)23-17-8-9-18(35-2)24(36-3)21(17)28(34)40-23/h7-10,13,24-25H,11-12,14H2,1-6H3;5-9,12,22-23H,10-11,13H2,1-4H3/t24-,25+;22-,23+/m11/s1. The lowest BCUT2D eigenvalue weighted by molar-refractivity contribution is -0.137. The van der Waals surface area contributed by atoms with Gasteiger partial charge in [-0.2, -0.15) is 13.2 Å². The molecule has 6 aliphatic heterocycles. The van der Waals surface area contributed by atoms with Gasteiger partial charge in [0.2, 0.25) is 25.1 Å². The summed E-state index contributed by atoms with van der Waals surface area (Å²) < 4.78 is 111. The molecule has 0 saturated carbocycles. The second-order valence-electron chi connectivity index (χ2n) is 19.6. The molecule has 0 aromatic heterocycles. The van der Waals surface area contributed by atoms with Gasteiger partial charge in [0.1, 0.15) is 23.3 Å². The molecule has 6 heterocycles. The van der Waals surface area contributed by atoms with E-state index in [4.69, 9.17) is 56.8 Å². The second-order valence-corrected chi connectivity index (χ2v) is 19.6. The van der Waals surface area contributed by atoms with E-state index in [0.29, 0.717) is 92.5 Å². The van der Waals surface area contributed by atoms with Crippen LogP contribution in [0.2, 0.25) is 0 Å². The van der Waals surface area contributed by atoms with E-state index < -0.39 is 41.9 Å². The van der Waals surface area contributed by atoms with Crippen molar-refractivity contribution in [1.82, 2.24) is 9.80 Å². The summed E-state index contributed by atoms with van der Waals surface area (Å²) in [5.41, 5.74) is 10.0. The molecule has 0 amide bonds. The van der Waals surface area contributed by atoms with E-state index in [2.05, 4.69) is 36.9 Å². The lowest BCUT2D eigenvalue weighted by Crippen LogP contribution is -2.36. The molecule has 0 bridgehead atoms. The number of methoxy groups -OCH3 is 6. The molecule has 0 saturated heterocycles. The number of carbonyl (C=O) groups excluding carboxylic acids is 2. The summed E-state index contributed by atoms with van der Waals surface area (Å²) in [5, 5.41) is 0. The van der Waals surface area contributed by atoms with E-state index in [9.17, 15) is 22.8 Å². The van der Waals surface area contributed by atoms with Crippen molar-refractivity contribution in [1.29, 1.82) is 0 Å². The fraction of sp³-hybridized carbons (Fsp3) is 0.356. The number of benzene rings is 6. The minimum absolute atomic E-state index is 0.112. The van der Waals surface area contributed by atoms with Gasteiger partial charge in [-0.1, -0.05) is 42.5 Å². The number of nitrogens with zero attached hydrogens (tertiary/aromatic N) is 2. The number of hydrogen-bond donors (Lipinski definition) is 0. The smallest absolute Gasteiger partial charge is 0.416 e. The maximum Gasteiger partial charge on any atom is 0.416 e. The number of aryl methyl sites for hydroxylation is 2. The van der Waals surface area contributed by atoms with Crippen molar-refractivity contribution in [3.8, 4) is 79.7 Å². The Bertz CT molecular complexity index is 3430. The van der Waals surface area contributed by atoms with Crippen LogP contribution in [0.3, 0.4) is 0 Å². The third kappa shape index (κ3) is 8.19. The van der Waals surface area contributed by atoms with E-state index in [0.717, 1.165) is 58.5 Å². The van der Waals surface area contributed by atoms with Crippen LogP contribution in [0.5, 0.6) is 57.5 Å². The third-order valence-electron chi connectivity index (χ3n) is 15.7. The number of ether oxygens (including phenoxy) is 12. The Hall–Kier alpha value is -8.03. The first-order chi connectivity index (χ1) is 37.6. The minimum Gasteiger partial charge on any atom is -0.493 e. The molecule has 6 aliphatic rings. The summed E-state index contributed by atoms with van der Waals surface area (Å²) in [6.45, 7) is 5.51. The van der Waals surface area contributed by atoms with Crippen molar-refractivity contribution in [3.05, 3.63) is 128 Å². The van der Waals surface area contributed by atoms with Gasteiger partial charge < -0.3 is 56.8 Å². The lowest BCUT2D eigenvalue weighted by atomic mass is 9.81. The van der Waals surface area contributed by atoms with Crippen LogP contribution in [-0.2, 0) is 28.5 Å². The van der Waals surface area contributed by atoms with Gasteiger partial charge >= 0.3 is 18.1 Å². The van der Waals surface area contributed by atoms with Crippen LogP contribution in [-0.4, -0.2) is 105 Å². The molecule has 16 nitrogen and oxygen atoms in total. The molecular formula is C59H57F3N2O14. The Kier molecular flexibility index (Phi) is 13.4. The fourth-order valence-corrected chi connectivity index (χ4v) is 12.0. The van der Waals surface area contributed by atoms with E-state index in [1.54, 1.807) is 32.4 Å². The highest BCUT2D eigenvalue weighted by Crippen LogP contribution is 2.61. The molecule has 0 unspecified atom stereocenters. The molecular weight excluding hydrogens is 1020 g/mol. The van der Waals surface area contributed by atoms with E-state index in [-0.39, 0.29) is 30.9 Å². The average molecular weight is 1080 g/mol. The molecule has 0 spiro atoms. The number of halogens is 3. The fourth-order valence-electron chi connectivity index (χ4n) is 12.0. The molecule has 12 rings (SSSR count). The highest BCUT2D eigenvalue weighted by Gasteiger charge is 2.50. The number of rotatable bonds is 10. The summed E-state index contributed by atoms with van der Waals surface area (Å²) in [5.74, 6) is 3.44. The molecule has 0 N–H and O–H groups in total. The third-order valence-corrected chi connectivity index (χ3v) is 15.7. The quantitative estimate of drug-likeness (QED) is 0.120. The van der Waals surface area contributed by atoms with Gasteiger partial charge in [0.15, 0.2) is 46.0 Å². The van der Waals surface area contributed by atoms with Crippen LogP contribution in [0.1, 0.15) is 95.1 Å². The largest absolute Gasteiger partial charge is 0.493 e. The van der Waals surface area contributed by atoms with Crippen molar-refractivity contribution < 1.29 is 79.6 Å². The van der Waals surface area contributed by atoms with Crippen LogP contribution in [0.4, 0.5) is 13.2 Å². The first-order valence-electron chi connectivity index (χ1n) is 25.2. The SMILES string of the molecule is COc1ccc2c(c1OC)C(=O)O[C@@H]2[C@H]1c2c(c(-c3ccc(C)c(C)c3)c3c(c2OC)OCO3)CCN1C.COc1ccc2c(c1OC)C(=O)O[C@@H]2[C@H]1c2c(c(-c3cccc(C(F)(F)F)c3)c3c(c2OC)OCO3)CCN1C. The first-order valence-corrected chi connectivity index (χ1v) is 25.2. The van der Waals surface area contributed by atoms with E-state index in [1.165, 1.54) is 45.6 Å². The van der Waals surface area contributed by atoms with E-state index >= 15 is 0 Å². The molecule has 6 aromatic carbocycles. The molecule has 0 radical (unpaired) electrons. The van der Waals surface area contributed by atoms with Gasteiger partial charge in [-0.3, -0.25) is 9.80 Å². The lowest BCUT2D eigenvalue weighted by Gasteiger charge is -2.39. The summed E-state index contributed by atoms with van der Waals surface area (Å²) >= 11 is 0. The molecule has 78 heavy (non-hydrogen) atoms. The molecule has 408 valence electrons. The topological polar surface area (TPSA) is 151 Å². The molecule has 19 heteroatoms. The van der Waals surface area contributed by atoms with Crippen LogP contribution in [0.25, 0.3) is 22.3 Å². The normalized spacial score (nSPS) is 19.6. The van der Waals surface area contributed by atoms with Gasteiger partial charge in [0.25, 0.3) is 0 Å². The minimum atomic E-state index is -4.52. The summed E-state index contributed by atoms with van der Waals surface area (Å²) in [6, 6.07) is 17.9. The zero-order valence-corrected chi connectivity index (χ0v) is 44.6. The predicted molar refractivity (Wildman–Crippen MR) is 277 cm³/mol. The Morgan fingerprint density at radius 3 is 1.38 bits per heavy atom. The molecule has 6 aromatic rings. The maximum atomic E-state index is 13.7. The number of fused-ring (bicyclic) bond motifs is 6. The van der Waals surface area contributed by atoms with Crippen molar-refractivity contribution >= 4 is 11.9 Å². The number of carbonyl (C=O) groups is 2. The average Bonchev–Trinajstić information content (AvgIpc) is 4.30. The summed E-state index contributed by atoms with van der Waals surface area (Å²) in [7, 11) is 13.1. The zero-order valence-electron chi connectivity index (χ0n) is 44.6. The van der Waals surface area contributed by atoms with Gasteiger partial charge in [-0.25, -0.2) is 9.59 Å². The van der Waals surface area contributed by atoms with Crippen LogP contribution in [0, 0.1) is 13.8 Å². The van der Waals surface area contributed by atoms with Gasteiger partial charge in [0.05, 0.1) is 60.3 Å². The first kappa shape index (κ1) is 52.0. The number of likely N-dealkylation sites (N-methyl/N-ethyl adjacent to an activating group) is 2. The van der Waals surface area contributed by atoms with Crippen LogP contribution >= 0.6 is 0 Å².